The highest BCUT2D eigenvalue weighted by atomic mass is 16.5. The maximum Gasteiger partial charge on any atom is 0.307 e. The molecular weight excluding hydrogens is 456 g/mol. The smallest absolute Gasteiger partial charge is 0.307 e. The van der Waals surface area contributed by atoms with Crippen LogP contribution >= 0.6 is 0 Å². The topological polar surface area (TPSA) is 113 Å². The molecule has 8 heteroatoms. The average molecular weight is 497 g/mol. The minimum atomic E-state index is -0.789. The molecule has 0 radical (unpaired) electrons. The number of hydroxylamine groups is 2. The van der Waals surface area contributed by atoms with Gasteiger partial charge in [0.25, 0.3) is 0 Å². The Bertz CT molecular complexity index is 1220. The summed E-state index contributed by atoms with van der Waals surface area (Å²) in [6.45, 7) is 13.4. The van der Waals surface area contributed by atoms with E-state index in [9.17, 15) is 9.90 Å². The monoisotopic (exact) mass is 496 g/mol. The summed E-state index contributed by atoms with van der Waals surface area (Å²) < 4.78 is 2.37. The normalized spacial score (nSPS) is 12.3. The summed E-state index contributed by atoms with van der Waals surface area (Å²) in [6.07, 6.45) is 0.843. The highest BCUT2D eigenvalue weighted by molar-refractivity contribution is 6.07. The SMILES string of the molecule is CC(C)(C)O.CN(O)C=N.Cc1ccc(-c2c(CC(=O)O)c(C)c3c4c2cc(C)n4CCN3C)cc1. The summed E-state index contributed by atoms with van der Waals surface area (Å²) in [7, 11) is 3.47. The molecule has 1 aliphatic heterocycles. The molecule has 0 unspecified atom stereocenters. The zero-order chi connectivity index (χ0) is 27.4. The van der Waals surface area contributed by atoms with Crippen LogP contribution < -0.4 is 4.90 Å². The predicted octanol–water partition coefficient (Wildman–Crippen LogP) is 5.00. The van der Waals surface area contributed by atoms with Crippen molar-refractivity contribution >= 4 is 28.9 Å². The van der Waals surface area contributed by atoms with E-state index in [4.69, 9.17) is 15.7 Å². The number of hydrogen-bond donors (Lipinski definition) is 4. The second-order valence-corrected chi connectivity index (χ2v) is 10.3. The summed E-state index contributed by atoms with van der Waals surface area (Å²) in [5, 5.41) is 34.1. The quantitative estimate of drug-likeness (QED) is 0.230. The van der Waals surface area contributed by atoms with Crippen LogP contribution in [0.25, 0.3) is 22.0 Å². The Morgan fingerprint density at radius 3 is 2.14 bits per heavy atom. The van der Waals surface area contributed by atoms with Crippen molar-refractivity contribution in [1.29, 1.82) is 5.41 Å². The molecule has 0 fully saturated rings. The number of aromatic nitrogens is 1. The van der Waals surface area contributed by atoms with Crippen molar-refractivity contribution in [2.45, 2.75) is 60.1 Å². The summed E-state index contributed by atoms with van der Waals surface area (Å²) in [4.78, 5) is 13.9. The highest BCUT2D eigenvalue weighted by Gasteiger charge is 2.27. The van der Waals surface area contributed by atoms with Crippen LogP contribution in [0.5, 0.6) is 0 Å². The Morgan fingerprint density at radius 2 is 1.67 bits per heavy atom. The van der Waals surface area contributed by atoms with Gasteiger partial charge in [-0.25, -0.2) is 5.06 Å². The van der Waals surface area contributed by atoms with E-state index < -0.39 is 11.6 Å². The summed E-state index contributed by atoms with van der Waals surface area (Å²) in [6, 6.07) is 10.6. The molecule has 3 aromatic rings. The third-order valence-electron chi connectivity index (χ3n) is 5.80. The van der Waals surface area contributed by atoms with Gasteiger partial charge >= 0.3 is 5.97 Å². The lowest BCUT2D eigenvalue weighted by atomic mass is 9.88. The molecule has 1 aromatic heterocycles. The van der Waals surface area contributed by atoms with Crippen LogP contribution in [-0.4, -0.2) is 63.6 Å². The molecule has 0 saturated carbocycles. The van der Waals surface area contributed by atoms with Crippen LogP contribution in [-0.2, 0) is 17.8 Å². The highest BCUT2D eigenvalue weighted by Crippen LogP contribution is 2.44. The fourth-order valence-electron chi connectivity index (χ4n) is 4.33. The van der Waals surface area contributed by atoms with Gasteiger partial charge in [-0.15, -0.1) is 0 Å². The van der Waals surface area contributed by atoms with Crippen LogP contribution in [0, 0.1) is 26.2 Å². The van der Waals surface area contributed by atoms with E-state index in [1.165, 1.54) is 29.5 Å². The molecule has 0 atom stereocenters. The standard InChI is InChI=1S/C22H24N2O2.C4H10O.C2H6N2O/c1-13-5-7-16(8-6-13)20-17(12-19(25)26)15(3)21-22-18(20)11-14(2)24(22)10-9-23(21)4;1-4(2,3)5;1-4(5)2-3/h5-8,11H,9-10,12H2,1-4H3,(H,25,26);5H,1-3H3;2-3,5H,1H3. The van der Waals surface area contributed by atoms with Gasteiger partial charge in [0.1, 0.15) is 6.34 Å². The van der Waals surface area contributed by atoms with Crippen molar-refractivity contribution in [2.75, 3.05) is 25.5 Å². The fourth-order valence-corrected chi connectivity index (χ4v) is 4.33. The molecule has 0 amide bonds. The van der Waals surface area contributed by atoms with Crippen molar-refractivity contribution in [3.05, 3.63) is 52.7 Å². The number of carbonyl (C=O) groups is 1. The number of carboxylic acid groups (broad SMARTS) is 1. The van der Waals surface area contributed by atoms with E-state index in [-0.39, 0.29) is 6.42 Å². The fraction of sp³-hybridized carbons (Fsp3) is 0.429. The second kappa shape index (κ2) is 11.6. The number of hydrogen-bond acceptors (Lipinski definition) is 5. The van der Waals surface area contributed by atoms with Crippen LogP contribution in [0.15, 0.2) is 30.3 Å². The van der Waals surface area contributed by atoms with Crippen LogP contribution in [0.1, 0.15) is 43.2 Å². The first-order valence-electron chi connectivity index (χ1n) is 12.0. The van der Waals surface area contributed by atoms with Gasteiger partial charge in [0.2, 0.25) is 0 Å². The number of anilines is 1. The molecular formula is C28H40N4O4. The molecule has 4 N–H and O–H groups in total. The molecule has 36 heavy (non-hydrogen) atoms. The number of rotatable bonds is 4. The van der Waals surface area contributed by atoms with E-state index in [0.717, 1.165) is 47.1 Å². The van der Waals surface area contributed by atoms with Crippen molar-refractivity contribution in [2.24, 2.45) is 0 Å². The number of carboxylic acids is 1. The molecule has 2 heterocycles. The van der Waals surface area contributed by atoms with E-state index >= 15 is 0 Å². The summed E-state index contributed by atoms with van der Waals surface area (Å²) >= 11 is 0. The Kier molecular flexibility index (Phi) is 9.29. The zero-order valence-corrected chi connectivity index (χ0v) is 22.7. The Balaban J connectivity index is 0.000000389. The zero-order valence-electron chi connectivity index (χ0n) is 22.7. The number of aryl methyl sites for hydroxylation is 2. The molecule has 1 aliphatic rings. The molecule has 4 rings (SSSR count). The third-order valence-corrected chi connectivity index (χ3v) is 5.80. The predicted molar refractivity (Wildman–Crippen MR) is 146 cm³/mol. The van der Waals surface area contributed by atoms with Crippen LogP contribution in [0.3, 0.4) is 0 Å². The van der Waals surface area contributed by atoms with Gasteiger partial charge in [-0.3, -0.25) is 15.4 Å². The number of aliphatic carboxylic acids is 1. The summed E-state index contributed by atoms with van der Waals surface area (Å²) in [5.74, 6) is -0.789. The van der Waals surface area contributed by atoms with Gasteiger partial charge in [0.05, 0.1) is 23.2 Å². The number of likely N-dealkylation sites (N-methyl/N-ethyl adjacent to an activating group) is 1. The first kappa shape index (κ1) is 28.9. The molecule has 8 nitrogen and oxygen atoms in total. The van der Waals surface area contributed by atoms with E-state index in [1.54, 1.807) is 20.8 Å². The molecule has 2 aromatic carbocycles. The van der Waals surface area contributed by atoms with E-state index in [0.29, 0.717) is 5.06 Å². The molecule has 0 bridgehead atoms. The van der Waals surface area contributed by atoms with E-state index in [1.807, 2.05) is 0 Å². The maximum absolute atomic E-state index is 11.6. The first-order valence-corrected chi connectivity index (χ1v) is 12.0. The second-order valence-electron chi connectivity index (χ2n) is 10.3. The Labute approximate surface area is 213 Å². The third kappa shape index (κ3) is 7.08. The van der Waals surface area contributed by atoms with Crippen LogP contribution in [0.4, 0.5) is 5.69 Å². The van der Waals surface area contributed by atoms with Gasteiger partial charge in [-0.05, 0) is 69.9 Å². The van der Waals surface area contributed by atoms with Crippen molar-refractivity contribution in [3.63, 3.8) is 0 Å². The van der Waals surface area contributed by atoms with Gasteiger partial charge in [-0.2, -0.15) is 0 Å². The van der Waals surface area contributed by atoms with Crippen LogP contribution in [0.2, 0.25) is 0 Å². The molecule has 0 saturated heterocycles. The maximum atomic E-state index is 11.6. The molecule has 0 aliphatic carbocycles. The number of nitrogens with one attached hydrogen (secondary N) is 1. The van der Waals surface area contributed by atoms with Crippen molar-refractivity contribution in [3.8, 4) is 11.1 Å². The van der Waals surface area contributed by atoms with E-state index in [2.05, 4.69) is 67.6 Å². The average Bonchev–Trinajstić information content (AvgIpc) is 3.09. The minimum Gasteiger partial charge on any atom is -0.481 e. The van der Waals surface area contributed by atoms with Gasteiger partial charge in [0.15, 0.2) is 0 Å². The van der Waals surface area contributed by atoms with Gasteiger partial charge < -0.3 is 19.7 Å². The van der Waals surface area contributed by atoms with Gasteiger partial charge in [-0.1, -0.05) is 29.8 Å². The Hall–Kier alpha value is -3.36. The molecule has 196 valence electrons. The van der Waals surface area contributed by atoms with Gasteiger partial charge in [0, 0.05) is 38.3 Å². The largest absolute Gasteiger partial charge is 0.481 e. The van der Waals surface area contributed by atoms with Crippen molar-refractivity contribution in [1.82, 2.24) is 9.63 Å². The minimum absolute atomic E-state index is 0.0377. The first-order chi connectivity index (χ1) is 16.6. The molecule has 0 spiro atoms. The lowest BCUT2D eigenvalue weighted by molar-refractivity contribution is -0.136. The number of aliphatic hydroxyl groups is 1. The summed E-state index contributed by atoms with van der Waals surface area (Å²) in [5.41, 5.74) is 8.51. The Morgan fingerprint density at radius 1 is 1.14 bits per heavy atom. The van der Waals surface area contributed by atoms with Crippen molar-refractivity contribution < 1.29 is 20.2 Å². The lowest BCUT2D eigenvalue weighted by Gasteiger charge is -2.31. The number of nitrogens with zero attached hydrogens (tertiary/aromatic N) is 3. The lowest BCUT2D eigenvalue weighted by Crippen LogP contribution is -2.29. The number of benzene rings is 2.